The number of rotatable bonds is 11. The van der Waals surface area contributed by atoms with Gasteiger partial charge >= 0.3 is 0 Å². The molecule has 0 radical (unpaired) electrons. The van der Waals surface area contributed by atoms with E-state index in [9.17, 15) is 13.2 Å². The number of sulfonamides is 1. The van der Waals surface area contributed by atoms with E-state index in [0.29, 0.717) is 30.2 Å². The lowest BCUT2D eigenvalue weighted by molar-refractivity contribution is -0.121. The molecule has 9 heteroatoms. The van der Waals surface area contributed by atoms with E-state index < -0.39 is 10.0 Å². The van der Waals surface area contributed by atoms with Crippen molar-refractivity contribution < 1.29 is 22.7 Å². The van der Waals surface area contributed by atoms with E-state index in [1.54, 1.807) is 18.2 Å². The standard InChI is InChI=1S/C23H31N3O5S/c1-4-25(5-2)19-10-8-18(9-11-19)16-24-23(27)7-6-14-26(32(3,28)29)20-12-13-21-22(15-20)31-17-30-21/h8-13,15H,4-7,14,16-17H2,1-3H3,(H,24,27). The molecule has 0 saturated carbocycles. The Labute approximate surface area is 190 Å². The van der Waals surface area contributed by atoms with Gasteiger partial charge in [-0.15, -0.1) is 0 Å². The first-order chi connectivity index (χ1) is 15.3. The van der Waals surface area contributed by atoms with Gasteiger partial charge in [0.25, 0.3) is 0 Å². The van der Waals surface area contributed by atoms with Crippen LogP contribution in [0.5, 0.6) is 11.5 Å². The number of carbonyl (C=O) groups excluding carboxylic acids is 1. The van der Waals surface area contributed by atoms with Gasteiger partial charge in [-0.3, -0.25) is 9.10 Å². The van der Waals surface area contributed by atoms with Crippen molar-refractivity contribution in [3.63, 3.8) is 0 Å². The van der Waals surface area contributed by atoms with E-state index >= 15 is 0 Å². The molecular formula is C23H31N3O5S. The maximum atomic E-state index is 12.3. The van der Waals surface area contributed by atoms with Gasteiger partial charge in [-0.1, -0.05) is 12.1 Å². The molecule has 0 bridgehead atoms. The average Bonchev–Trinajstić information content (AvgIpc) is 3.24. The minimum Gasteiger partial charge on any atom is -0.454 e. The van der Waals surface area contributed by atoms with Gasteiger partial charge in [-0.2, -0.15) is 0 Å². The summed E-state index contributed by atoms with van der Waals surface area (Å²) in [6.45, 7) is 6.90. The molecule has 0 aliphatic carbocycles. The molecule has 0 fully saturated rings. The Morgan fingerprint density at radius 1 is 1.00 bits per heavy atom. The molecule has 0 saturated heterocycles. The highest BCUT2D eigenvalue weighted by molar-refractivity contribution is 7.92. The summed E-state index contributed by atoms with van der Waals surface area (Å²) in [5.41, 5.74) is 2.67. The number of fused-ring (bicyclic) bond motifs is 1. The van der Waals surface area contributed by atoms with Gasteiger partial charge in [0.05, 0.1) is 11.9 Å². The normalized spacial score (nSPS) is 12.5. The highest BCUT2D eigenvalue weighted by Crippen LogP contribution is 2.36. The summed E-state index contributed by atoms with van der Waals surface area (Å²) in [7, 11) is -3.50. The zero-order valence-corrected chi connectivity index (χ0v) is 19.7. The molecule has 1 heterocycles. The Morgan fingerprint density at radius 2 is 1.66 bits per heavy atom. The van der Waals surface area contributed by atoms with Crippen molar-refractivity contribution in [1.82, 2.24) is 5.32 Å². The maximum Gasteiger partial charge on any atom is 0.232 e. The van der Waals surface area contributed by atoms with Gasteiger partial charge in [0.2, 0.25) is 22.7 Å². The van der Waals surface area contributed by atoms with Crippen LogP contribution < -0.4 is 24.0 Å². The van der Waals surface area contributed by atoms with Gasteiger partial charge in [-0.25, -0.2) is 8.42 Å². The molecule has 1 N–H and O–H groups in total. The smallest absolute Gasteiger partial charge is 0.232 e. The average molecular weight is 462 g/mol. The predicted molar refractivity (Wildman–Crippen MR) is 126 cm³/mol. The number of nitrogens with one attached hydrogen (secondary N) is 1. The van der Waals surface area contributed by atoms with Crippen molar-refractivity contribution in [2.24, 2.45) is 0 Å². The molecular weight excluding hydrogens is 430 g/mol. The van der Waals surface area contributed by atoms with Gasteiger partial charge in [0, 0.05) is 44.4 Å². The van der Waals surface area contributed by atoms with Crippen LogP contribution in [0, 0.1) is 0 Å². The van der Waals surface area contributed by atoms with E-state index in [1.807, 2.05) is 12.1 Å². The minimum atomic E-state index is -3.50. The number of benzene rings is 2. The first kappa shape index (κ1) is 23.7. The number of carbonyl (C=O) groups is 1. The monoisotopic (exact) mass is 461 g/mol. The molecule has 2 aromatic carbocycles. The second-order valence-corrected chi connectivity index (χ2v) is 9.50. The van der Waals surface area contributed by atoms with E-state index in [2.05, 4.69) is 36.2 Å². The van der Waals surface area contributed by atoms with E-state index in [-0.39, 0.29) is 25.7 Å². The number of ether oxygens (including phenoxy) is 2. The van der Waals surface area contributed by atoms with E-state index in [0.717, 1.165) is 30.6 Å². The summed E-state index contributed by atoms with van der Waals surface area (Å²) >= 11 is 0. The fourth-order valence-electron chi connectivity index (χ4n) is 3.61. The van der Waals surface area contributed by atoms with Crippen molar-refractivity contribution in [3.05, 3.63) is 48.0 Å². The lowest BCUT2D eigenvalue weighted by Gasteiger charge is -2.22. The van der Waals surface area contributed by atoms with Crippen LogP contribution in [0.4, 0.5) is 11.4 Å². The molecule has 0 atom stereocenters. The Kier molecular flexibility index (Phi) is 7.84. The predicted octanol–water partition coefficient (Wildman–Crippen LogP) is 3.12. The molecule has 1 amide bonds. The van der Waals surface area contributed by atoms with E-state index in [1.165, 1.54) is 4.31 Å². The van der Waals surface area contributed by atoms with Crippen LogP contribution in [0.15, 0.2) is 42.5 Å². The molecule has 0 spiro atoms. The third-order valence-corrected chi connectivity index (χ3v) is 6.56. The molecule has 3 rings (SSSR count). The number of hydrogen-bond acceptors (Lipinski definition) is 6. The lowest BCUT2D eigenvalue weighted by Crippen LogP contribution is -2.32. The number of nitrogens with zero attached hydrogens (tertiary/aromatic N) is 2. The molecule has 2 aromatic rings. The summed E-state index contributed by atoms with van der Waals surface area (Å²) in [6, 6.07) is 13.2. The summed E-state index contributed by atoms with van der Waals surface area (Å²) in [5, 5.41) is 2.90. The topological polar surface area (TPSA) is 88.2 Å². The van der Waals surface area contributed by atoms with Crippen LogP contribution >= 0.6 is 0 Å². The number of amides is 1. The molecule has 32 heavy (non-hydrogen) atoms. The van der Waals surface area contributed by atoms with Crippen LogP contribution in [0.3, 0.4) is 0 Å². The zero-order valence-electron chi connectivity index (χ0n) is 18.8. The van der Waals surface area contributed by atoms with Crippen molar-refractivity contribution in [2.45, 2.75) is 33.2 Å². The third kappa shape index (κ3) is 6.06. The number of hydrogen-bond donors (Lipinski definition) is 1. The molecule has 1 aliphatic rings. The second-order valence-electron chi connectivity index (χ2n) is 7.59. The van der Waals surface area contributed by atoms with Gasteiger partial charge in [0.1, 0.15) is 0 Å². The van der Waals surface area contributed by atoms with Crippen LogP contribution in [0.25, 0.3) is 0 Å². The minimum absolute atomic E-state index is 0.114. The van der Waals surface area contributed by atoms with Crippen molar-refractivity contribution in [3.8, 4) is 11.5 Å². The van der Waals surface area contributed by atoms with Crippen molar-refractivity contribution in [1.29, 1.82) is 0 Å². The maximum absolute atomic E-state index is 12.3. The first-order valence-corrected chi connectivity index (χ1v) is 12.6. The summed E-state index contributed by atoms with van der Waals surface area (Å²) in [5.74, 6) is 0.990. The Bertz CT molecular complexity index is 1020. The van der Waals surface area contributed by atoms with Crippen LogP contribution in [-0.4, -0.2) is 47.0 Å². The van der Waals surface area contributed by atoms with Crippen molar-refractivity contribution in [2.75, 3.05) is 41.9 Å². The summed E-state index contributed by atoms with van der Waals surface area (Å²) < 4.78 is 36.5. The Hall–Kier alpha value is -2.94. The number of anilines is 2. The van der Waals surface area contributed by atoms with E-state index in [4.69, 9.17) is 9.47 Å². The quantitative estimate of drug-likeness (QED) is 0.553. The van der Waals surface area contributed by atoms with Crippen LogP contribution in [0.2, 0.25) is 0 Å². The third-order valence-electron chi connectivity index (χ3n) is 5.36. The molecule has 8 nitrogen and oxygen atoms in total. The molecule has 1 aliphatic heterocycles. The van der Waals surface area contributed by atoms with Crippen LogP contribution in [0.1, 0.15) is 32.3 Å². The summed E-state index contributed by atoms with van der Waals surface area (Å²) in [6.07, 6.45) is 1.78. The van der Waals surface area contributed by atoms with Gasteiger partial charge in [0.15, 0.2) is 11.5 Å². The largest absolute Gasteiger partial charge is 0.454 e. The fraction of sp³-hybridized carbons (Fsp3) is 0.435. The highest BCUT2D eigenvalue weighted by atomic mass is 32.2. The SMILES string of the molecule is CCN(CC)c1ccc(CNC(=O)CCCN(c2ccc3c(c2)OCO3)S(C)(=O)=O)cc1. The van der Waals surface area contributed by atoms with Crippen LogP contribution in [-0.2, 0) is 21.4 Å². The van der Waals surface area contributed by atoms with Gasteiger partial charge in [-0.05, 0) is 50.1 Å². The lowest BCUT2D eigenvalue weighted by atomic mass is 10.2. The fourth-order valence-corrected chi connectivity index (χ4v) is 4.57. The summed E-state index contributed by atoms with van der Waals surface area (Å²) in [4.78, 5) is 14.5. The Morgan fingerprint density at radius 3 is 2.31 bits per heavy atom. The van der Waals surface area contributed by atoms with Crippen molar-refractivity contribution >= 4 is 27.3 Å². The second kappa shape index (κ2) is 10.6. The molecule has 174 valence electrons. The Balaban J connectivity index is 1.50. The zero-order chi connectivity index (χ0) is 23.1. The first-order valence-electron chi connectivity index (χ1n) is 10.8. The highest BCUT2D eigenvalue weighted by Gasteiger charge is 2.21. The molecule has 0 unspecified atom stereocenters. The molecule has 0 aromatic heterocycles. The van der Waals surface area contributed by atoms with Gasteiger partial charge < -0.3 is 19.7 Å².